The molecule has 180 valence electrons. The SMILES string of the molecule is COc1ccc(C(=O)CSc2nc3sc4c(c3c(=O)n2-c2ccc(OC)cc2)CCN(C)C4)cc1. The molecule has 0 N–H and O–H groups in total. The van der Waals surface area contributed by atoms with Gasteiger partial charge in [-0.15, -0.1) is 11.3 Å². The molecular formula is C26H25N3O4S2. The average molecular weight is 508 g/mol. The van der Waals surface area contributed by atoms with E-state index in [0.717, 1.165) is 29.9 Å². The van der Waals surface area contributed by atoms with Crippen molar-refractivity contribution in [2.24, 2.45) is 0 Å². The Kier molecular flexibility index (Phi) is 6.64. The molecule has 0 amide bonds. The molecule has 7 nitrogen and oxygen atoms in total. The van der Waals surface area contributed by atoms with E-state index in [1.54, 1.807) is 54.4 Å². The molecule has 3 heterocycles. The lowest BCUT2D eigenvalue weighted by molar-refractivity contribution is 0.102. The third-order valence-electron chi connectivity index (χ3n) is 6.11. The number of thioether (sulfide) groups is 1. The molecule has 1 aliphatic heterocycles. The maximum Gasteiger partial charge on any atom is 0.267 e. The van der Waals surface area contributed by atoms with Crippen LogP contribution in [-0.4, -0.2) is 53.8 Å². The van der Waals surface area contributed by atoms with Crippen molar-refractivity contribution in [1.82, 2.24) is 14.5 Å². The van der Waals surface area contributed by atoms with Gasteiger partial charge in [0.15, 0.2) is 10.9 Å². The second-order valence-electron chi connectivity index (χ2n) is 8.35. The van der Waals surface area contributed by atoms with Gasteiger partial charge in [0.25, 0.3) is 5.56 Å². The van der Waals surface area contributed by atoms with Gasteiger partial charge in [0.05, 0.1) is 31.0 Å². The lowest BCUT2D eigenvalue weighted by Gasteiger charge is -2.21. The first-order chi connectivity index (χ1) is 17.0. The Morgan fingerprint density at radius 3 is 2.37 bits per heavy atom. The minimum Gasteiger partial charge on any atom is -0.497 e. The van der Waals surface area contributed by atoms with E-state index in [2.05, 4.69) is 11.9 Å². The van der Waals surface area contributed by atoms with Crippen LogP contribution in [0.1, 0.15) is 20.8 Å². The van der Waals surface area contributed by atoms with Crippen molar-refractivity contribution >= 4 is 39.1 Å². The average Bonchev–Trinajstić information content (AvgIpc) is 3.25. The van der Waals surface area contributed by atoms with Crippen molar-refractivity contribution < 1.29 is 14.3 Å². The van der Waals surface area contributed by atoms with Crippen LogP contribution in [0.25, 0.3) is 15.9 Å². The van der Waals surface area contributed by atoms with Gasteiger partial charge < -0.3 is 14.4 Å². The van der Waals surface area contributed by atoms with Crippen molar-refractivity contribution in [3.63, 3.8) is 0 Å². The Morgan fingerprint density at radius 2 is 1.71 bits per heavy atom. The van der Waals surface area contributed by atoms with E-state index >= 15 is 0 Å². The molecule has 2 aromatic carbocycles. The number of nitrogens with zero attached hydrogens (tertiary/aromatic N) is 3. The molecule has 0 saturated carbocycles. The Labute approximate surface area is 211 Å². The second-order valence-corrected chi connectivity index (χ2v) is 10.4. The summed E-state index contributed by atoms with van der Waals surface area (Å²) in [4.78, 5) is 35.9. The number of fused-ring (bicyclic) bond motifs is 3. The van der Waals surface area contributed by atoms with Crippen LogP contribution in [0.2, 0.25) is 0 Å². The molecule has 5 rings (SSSR count). The molecule has 0 saturated heterocycles. The highest BCUT2D eigenvalue weighted by Crippen LogP contribution is 2.34. The molecule has 0 unspecified atom stereocenters. The minimum atomic E-state index is -0.0957. The van der Waals surface area contributed by atoms with E-state index in [-0.39, 0.29) is 17.1 Å². The van der Waals surface area contributed by atoms with Crippen molar-refractivity contribution in [3.05, 3.63) is 74.9 Å². The van der Waals surface area contributed by atoms with Crippen molar-refractivity contribution in [3.8, 4) is 17.2 Å². The number of methoxy groups -OCH3 is 2. The van der Waals surface area contributed by atoms with E-state index in [9.17, 15) is 9.59 Å². The summed E-state index contributed by atoms with van der Waals surface area (Å²) in [6.45, 7) is 1.73. The van der Waals surface area contributed by atoms with Crippen molar-refractivity contribution in [2.45, 2.75) is 18.1 Å². The molecule has 0 fully saturated rings. The summed E-state index contributed by atoms with van der Waals surface area (Å²) >= 11 is 2.85. The predicted molar refractivity (Wildman–Crippen MR) is 140 cm³/mol. The highest BCUT2D eigenvalue weighted by molar-refractivity contribution is 7.99. The minimum absolute atomic E-state index is 0.0413. The number of hydrogen-bond acceptors (Lipinski definition) is 8. The number of likely N-dealkylation sites (N-methyl/N-ethyl adjacent to an activating group) is 1. The number of ether oxygens (including phenoxy) is 2. The zero-order chi connectivity index (χ0) is 24.5. The fourth-order valence-corrected chi connectivity index (χ4v) is 6.45. The summed E-state index contributed by atoms with van der Waals surface area (Å²) in [6.07, 6.45) is 0.827. The first-order valence-electron chi connectivity index (χ1n) is 11.2. The van der Waals surface area contributed by atoms with E-state index in [0.29, 0.717) is 33.3 Å². The number of benzene rings is 2. The number of rotatable bonds is 7. The largest absolute Gasteiger partial charge is 0.497 e. The fraction of sp³-hybridized carbons (Fsp3) is 0.269. The zero-order valence-corrected chi connectivity index (χ0v) is 21.4. The van der Waals surface area contributed by atoms with Gasteiger partial charge >= 0.3 is 0 Å². The van der Waals surface area contributed by atoms with Crippen molar-refractivity contribution in [1.29, 1.82) is 0 Å². The number of hydrogen-bond donors (Lipinski definition) is 0. The molecule has 0 radical (unpaired) electrons. The van der Waals surface area contributed by atoms with Gasteiger partial charge in [0.1, 0.15) is 16.3 Å². The van der Waals surface area contributed by atoms with Gasteiger partial charge in [-0.3, -0.25) is 14.2 Å². The van der Waals surface area contributed by atoms with Crippen molar-refractivity contribution in [2.75, 3.05) is 33.6 Å². The van der Waals surface area contributed by atoms with Gasteiger partial charge in [-0.25, -0.2) is 4.98 Å². The molecular weight excluding hydrogens is 482 g/mol. The zero-order valence-electron chi connectivity index (χ0n) is 19.7. The highest BCUT2D eigenvalue weighted by Gasteiger charge is 2.25. The molecule has 1 aliphatic rings. The maximum atomic E-state index is 13.9. The number of carbonyl (C=O) groups excluding carboxylic acids is 1. The summed E-state index contributed by atoms with van der Waals surface area (Å²) in [7, 11) is 5.28. The molecule has 0 bridgehead atoms. The summed E-state index contributed by atoms with van der Waals surface area (Å²) in [5, 5.41) is 1.20. The molecule has 4 aromatic rings. The van der Waals surface area contributed by atoms with E-state index in [4.69, 9.17) is 14.5 Å². The van der Waals surface area contributed by atoms with E-state index in [1.807, 2.05) is 24.3 Å². The topological polar surface area (TPSA) is 73.7 Å². The molecule has 0 aliphatic carbocycles. The molecule has 0 spiro atoms. The Balaban J connectivity index is 1.56. The van der Waals surface area contributed by atoms with E-state index < -0.39 is 0 Å². The smallest absolute Gasteiger partial charge is 0.267 e. The van der Waals surface area contributed by atoms with Crippen LogP contribution in [0, 0.1) is 0 Å². The van der Waals surface area contributed by atoms with Gasteiger partial charge in [0, 0.05) is 23.5 Å². The maximum absolute atomic E-state index is 13.9. The first-order valence-corrected chi connectivity index (χ1v) is 13.0. The van der Waals surface area contributed by atoms with Gasteiger partial charge in [0.2, 0.25) is 0 Å². The standard InChI is InChI=1S/C26H25N3O4S2/c1-28-13-12-20-22(14-28)35-24-23(20)25(31)29(17-6-10-19(33-3)11-7-17)26(27-24)34-15-21(30)16-4-8-18(32-2)9-5-16/h4-11H,12-15H2,1-3H3. The van der Waals surface area contributed by atoms with Crippen LogP contribution < -0.4 is 15.0 Å². The van der Waals surface area contributed by atoms with E-state index in [1.165, 1.54) is 16.6 Å². The van der Waals surface area contributed by atoms with Gasteiger partial charge in [-0.05, 0) is 67.6 Å². The molecule has 9 heteroatoms. The van der Waals surface area contributed by atoms with Crippen LogP contribution >= 0.6 is 23.1 Å². The van der Waals surface area contributed by atoms with Crippen LogP contribution in [0.3, 0.4) is 0 Å². The van der Waals surface area contributed by atoms with Gasteiger partial charge in [-0.2, -0.15) is 0 Å². The van der Waals surface area contributed by atoms with Gasteiger partial charge in [-0.1, -0.05) is 11.8 Å². The number of carbonyl (C=O) groups is 1. The lowest BCUT2D eigenvalue weighted by Crippen LogP contribution is -2.27. The normalized spacial score (nSPS) is 13.6. The summed E-state index contributed by atoms with van der Waals surface area (Å²) < 4.78 is 12.1. The fourth-order valence-electron chi connectivity index (χ4n) is 4.20. The lowest BCUT2D eigenvalue weighted by atomic mass is 10.1. The summed E-state index contributed by atoms with van der Waals surface area (Å²) in [6, 6.07) is 14.4. The third-order valence-corrected chi connectivity index (χ3v) is 8.16. The molecule has 35 heavy (non-hydrogen) atoms. The Bertz CT molecular complexity index is 1440. The first kappa shape index (κ1) is 23.6. The number of ketones is 1. The summed E-state index contributed by atoms with van der Waals surface area (Å²) in [5.41, 5.74) is 2.29. The van der Waals surface area contributed by atoms with Crippen LogP contribution in [-0.2, 0) is 13.0 Å². The van der Waals surface area contributed by atoms with Crippen LogP contribution in [0.15, 0.2) is 58.5 Å². The highest BCUT2D eigenvalue weighted by atomic mass is 32.2. The number of thiophene rings is 1. The molecule has 0 atom stereocenters. The summed E-state index contributed by atoms with van der Waals surface area (Å²) in [5.74, 6) is 1.52. The Morgan fingerprint density at radius 1 is 1.06 bits per heavy atom. The predicted octanol–water partition coefficient (Wildman–Crippen LogP) is 4.43. The molecule has 2 aromatic heterocycles. The quantitative estimate of drug-likeness (QED) is 0.208. The van der Waals surface area contributed by atoms with Crippen LogP contribution in [0.5, 0.6) is 11.5 Å². The number of Topliss-reactive ketones (excluding diaryl/α,β-unsaturated/α-hetero) is 1. The Hall–Kier alpha value is -3.14. The number of aromatic nitrogens is 2. The second kappa shape index (κ2) is 9.85. The monoisotopic (exact) mass is 507 g/mol. The third kappa shape index (κ3) is 4.59. The van der Waals surface area contributed by atoms with Crippen LogP contribution in [0.4, 0.5) is 0 Å².